The minimum atomic E-state index is -4.99. The molecule has 0 bridgehead atoms. The molecule has 0 saturated heterocycles. The average Bonchev–Trinajstić information content (AvgIpc) is 2.72. The fourth-order valence-corrected chi connectivity index (χ4v) is 3.24. The number of esters is 1. The molecule has 3 aromatic rings. The van der Waals surface area contributed by atoms with Crippen LogP contribution in [0.2, 0.25) is 0 Å². The molecule has 6 nitrogen and oxygen atoms in total. The normalized spacial score (nSPS) is 12.6. The summed E-state index contributed by atoms with van der Waals surface area (Å²) in [4.78, 5) is 25.0. The van der Waals surface area contributed by atoms with E-state index in [1.807, 2.05) is 19.9 Å². The van der Waals surface area contributed by atoms with E-state index in [4.69, 9.17) is 18.6 Å². The Hall–Kier alpha value is -3.49. The van der Waals surface area contributed by atoms with Crippen molar-refractivity contribution in [1.29, 1.82) is 0 Å². The highest BCUT2D eigenvalue weighted by molar-refractivity contribution is 5.80. The summed E-state index contributed by atoms with van der Waals surface area (Å²) in [6.45, 7) is 8.92. The van der Waals surface area contributed by atoms with Gasteiger partial charge in [-0.05, 0) is 62.1 Å². The summed E-state index contributed by atoms with van der Waals surface area (Å²) in [5.41, 5.74) is 0.183. The minimum Gasteiger partial charge on any atom is -0.479 e. The standard InChI is InChI=1S/C25H25F3O6/c1-13(2)12-31-24(30)16(5)32-17-6-7-19-20(11-17)34-23(25(26,27)28)22(21(19)29)33-18-9-14(3)8-15(4)10-18/h6-11,13,16H,12H2,1-5H3/t16-/m0/s1. The molecule has 0 radical (unpaired) electrons. The zero-order chi connectivity index (χ0) is 25.2. The summed E-state index contributed by atoms with van der Waals surface area (Å²) >= 11 is 0. The second-order valence-corrected chi connectivity index (χ2v) is 8.45. The van der Waals surface area contributed by atoms with Crippen molar-refractivity contribution in [2.24, 2.45) is 5.92 Å². The topological polar surface area (TPSA) is 75.0 Å². The predicted molar refractivity (Wildman–Crippen MR) is 119 cm³/mol. The molecule has 0 aliphatic rings. The first-order valence-corrected chi connectivity index (χ1v) is 10.6. The van der Waals surface area contributed by atoms with Crippen LogP contribution in [0, 0.1) is 19.8 Å². The fraction of sp³-hybridized carbons (Fsp3) is 0.360. The van der Waals surface area contributed by atoms with Crippen LogP contribution in [0.25, 0.3) is 11.0 Å². The van der Waals surface area contributed by atoms with Crippen molar-refractivity contribution >= 4 is 16.9 Å². The highest BCUT2D eigenvalue weighted by Gasteiger charge is 2.40. The van der Waals surface area contributed by atoms with Crippen molar-refractivity contribution < 1.29 is 36.6 Å². The molecule has 3 rings (SSSR count). The van der Waals surface area contributed by atoms with Crippen molar-refractivity contribution in [3.05, 3.63) is 63.5 Å². The maximum Gasteiger partial charge on any atom is 0.453 e. The lowest BCUT2D eigenvalue weighted by Gasteiger charge is -2.16. The fourth-order valence-electron chi connectivity index (χ4n) is 3.24. The summed E-state index contributed by atoms with van der Waals surface area (Å²) in [6.07, 6.45) is -6.01. The van der Waals surface area contributed by atoms with Crippen LogP contribution in [0.5, 0.6) is 17.2 Å². The molecular weight excluding hydrogens is 453 g/mol. The molecule has 1 atom stereocenters. The number of benzene rings is 2. The van der Waals surface area contributed by atoms with Gasteiger partial charge in [0.1, 0.15) is 17.1 Å². The number of hydrogen-bond acceptors (Lipinski definition) is 6. The zero-order valence-corrected chi connectivity index (χ0v) is 19.4. The average molecular weight is 478 g/mol. The van der Waals surface area contributed by atoms with Crippen LogP contribution in [0.1, 0.15) is 37.7 Å². The van der Waals surface area contributed by atoms with Crippen LogP contribution in [0.3, 0.4) is 0 Å². The minimum absolute atomic E-state index is 0.0424. The number of ether oxygens (including phenoxy) is 3. The van der Waals surface area contributed by atoms with E-state index in [0.717, 1.165) is 17.2 Å². The van der Waals surface area contributed by atoms with Crippen LogP contribution in [0.4, 0.5) is 13.2 Å². The molecule has 182 valence electrons. The van der Waals surface area contributed by atoms with Crippen LogP contribution in [-0.4, -0.2) is 18.7 Å². The van der Waals surface area contributed by atoms with Gasteiger partial charge in [0.2, 0.25) is 11.2 Å². The lowest BCUT2D eigenvalue weighted by atomic mass is 10.1. The largest absolute Gasteiger partial charge is 0.479 e. The Morgan fingerprint density at radius 3 is 2.24 bits per heavy atom. The molecule has 34 heavy (non-hydrogen) atoms. The summed E-state index contributed by atoms with van der Waals surface area (Å²) in [6, 6.07) is 8.61. The monoisotopic (exact) mass is 478 g/mol. The van der Waals surface area contributed by atoms with E-state index in [1.54, 1.807) is 13.8 Å². The lowest BCUT2D eigenvalue weighted by Crippen LogP contribution is -2.27. The van der Waals surface area contributed by atoms with Crippen molar-refractivity contribution in [2.75, 3.05) is 6.61 Å². The van der Waals surface area contributed by atoms with E-state index in [0.29, 0.717) is 0 Å². The molecule has 0 aliphatic carbocycles. The van der Waals surface area contributed by atoms with Crippen molar-refractivity contribution in [3.8, 4) is 17.2 Å². The Kier molecular flexibility index (Phi) is 7.24. The third-order valence-corrected chi connectivity index (χ3v) is 4.70. The van der Waals surface area contributed by atoms with E-state index in [-0.39, 0.29) is 35.0 Å². The van der Waals surface area contributed by atoms with E-state index in [9.17, 15) is 22.8 Å². The van der Waals surface area contributed by atoms with E-state index >= 15 is 0 Å². The summed E-state index contributed by atoms with van der Waals surface area (Å²) in [5, 5.41) is -0.130. The van der Waals surface area contributed by atoms with Gasteiger partial charge in [0.15, 0.2) is 6.10 Å². The maximum atomic E-state index is 13.8. The Bertz CT molecular complexity index is 1240. The number of fused-ring (bicyclic) bond motifs is 1. The Labute approximate surface area is 194 Å². The number of carbonyl (C=O) groups excluding carboxylic acids is 1. The van der Waals surface area contributed by atoms with E-state index < -0.39 is 35.2 Å². The molecule has 0 saturated carbocycles. The van der Waals surface area contributed by atoms with Gasteiger partial charge in [-0.3, -0.25) is 4.79 Å². The van der Waals surface area contributed by atoms with Gasteiger partial charge >= 0.3 is 12.1 Å². The Morgan fingerprint density at radius 2 is 1.65 bits per heavy atom. The first-order valence-electron chi connectivity index (χ1n) is 10.6. The lowest BCUT2D eigenvalue weighted by molar-refractivity contribution is -0.154. The molecule has 0 unspecified atom stereocenters. The Morgan fingerprint density at radius 1 is 1.00 bits per heavy atom. The summed E-state index contributed by atoms with van der Waals surface area (Å²) < 4.78 is 62.4. The van der Waals surface area contributed by atoms with Gasteiger partial charge in [-0.2, -0.15) is 13.2 Å². The van der Waals surface area contributed by atoms with Gasteiger partial charge in [0.25, 0.3) is 5.76 Å². The smallest absolute Gasteiger partial charge is 0.453 e. The molecule has 0 amide bonds. The third-order valence-electron chi connectivity index (χ3n) is 4.70. The molecule has 0 spiro atoms. The highest BCUT2D eigenvalue weighted by Crippen LogP contribution is 2.39. The van der Waals surface area contributed by atoms with Crippen molar-refractivity contribution in [1.82, 2.24) is 0 Å². The van der Waals surface area contributed by atoms with E-state index in [2.05, 4.69) is 0 Å². The van der Waals surface area contributed by atoms with Gasteiger partial charge in [-0.25, -0.2) is 4.79 Å². The molecule has 1 aromatic heterocycles. The number of alkyl halides is 3. The zero-order valence-electron chi connectivity index (χ0n) is 19.4. The molecule has 0 fully saturated rings. The van der Waals surface area contributed by atoms with Gasteiger partial charge < -0.3 is 18.6 Å². The number of hydrogen-bond donors (Lipinski definition) is 0. The van der Waals surface area contributed by atoms with Gasteiger partial charge in [-0.1, -0.05) is 19.9 Å². The maximum absolute atomic E-state index is 13.8. The SMILES string of the molecule is Cc1cc(C)cc(Oc2c(C(F)(F)F)oc3cc(O[C@@H](C)C(=O)OCC(C)C)ccc3c2=O)c1. The number of halogens is 3. The first kappa shape index (κ1) is 25.1. The molecule has 1 heterocycles. The number of carbonyl (C=O) groups is 1. The van der Waals surface area contributed by atoms with Gasteiger partial charge in [-0.15, -0.1) is 0 Å². The van der Waals surface area contributed by atoms with Crippen molar-refractivity contribution in [3.63, 3.8) is 0 Å². The first-order chi connectivity index (χ1) is 15.8. The quantitative estimate of drug-likeness (QED) is 0.377. The second kappa shape index (κ2) is 9.79. The molecule has 0 aliphatic heterocycles. The number of aryl methyl sites for hydroxylation is 2. The number of rotatable bonds is 7. The second-order valence-electron chi connectivity index (χ2n) is 8.45. The highest BCUT2D eigenvalue weighted by atomic mass is 19.4. The van der Waals surface area contributed by atoms with Crippen LogP contribution in [-0.2, 0) is 15.7 Å². The molecular formula is C25H25F3O6. The Balaban J connectivity index is 2.00. The summed E-state index contributed by atoms with van der Waals surface area (Å²) in [7, 11) is 0. The van der Waals surface area contributed by atoms with Crippen LogP contribution in [0.15, 0.2) is 45.6 Å². The summed E-state index contributed by atoms with van der Waals surface area (Å²) in [5.74, 6) is -2.88. The third kappa shape index (κ3) is 5.89. The van der Waals surface area contributed by atoms with Gasteiger partial charge in [0, 0.05) is 6.07 Å². The predicted octanol–water partition coefficient (Wildman–Crippen LogP) is 6.19. The van der Waals surface area contributed by atoms with Crippen molar-refractivity contribution in [2.45, 2.75) is 46.9 Å². The van der Waals surface area contributed by atoms with Crippen LogP contribution < -0.4 is 14.9 Å². The molecule has 0 N–H and O–H groups in total. The molecule has 2 aromatic carbocycles. The van der Waals surface area contributed by atoms with E-state index in [1.165, 1.54) is 31.2 Å². The van der Waals surface area contributed by atoms with Gasteiger partial charge in [0.05, 0.1) is 12.0 Å². The van der Waals surface area contributed by atoms with Crippen LogP contribution >= 0.6 is 0 Å². The molecule has 9 heteroatoms.